The van der Waals surface area contributed by atoms with E-state index in [9.17, 15) is 0 Å². The molecule has 1 aliphatic rings. The van der Waals surface area contributed by atoms with Crippen LogP contribution in [0.2, 0.25) is 0 Å². The van der Waals surface area contributed by atoms with Gasteiger partial charge in [-0.1, -0.05) is 23.8 Å². The van der Waals surface area contributed by atoms with Gasteiger partial charge in [-0.25, -0.2) is 0 Å². The Bertz CT molecular complexity index is 541. The molecule has 3 nitrogen and oxygen atoms in total. The monoisotopic (exact) mass is 260 g/mol. The van der Waals surface area contributed by atoms with Gasteiger partial charge < -0.3 is 15.5 Å². The van der Waals surface area contributed by atoms with Gasteiger partial charge in [0.25, 0.3) is 0 Å². The van der Waals surface area contributed by atoms with Crippen LogP contribution in [0.5, 0.6) is 5.75 Å². The molecule has 0 unspecified atom stereocenters. The van der Waals surface area contributed by atoms with Crippen LogP contribution >= 0.6 is 11.6 Å². The Balaban J connectivity index is 2.17. The lowest BCUT2D eigenvalue weighted by Gasteiger charge is -2.11. The normalized spacial score (nSPS) is 16.7. The molecule has 0 saturated carbocycles. The van der Waals surface area contributed by atoms with Crippen molar-refractivity contribution in [2.24, 2.45) is 0 Å². The van der Waals surface area contributed by atoms with E-state index in [4.69, 9.17) is 21.7 Å². The Morgan fingerprint density at radius 3 is 2.44 bits per heavy atom. The van der Waals surface area contributed by atoms with Crippen molar-refractivity contribution in [2.45, 2.75) is 0 Å². The second-order valence-corrected chi connectivity index (χ2v) is 4.09. The molecule has 0 saturated heterocycles. The van der Waals surface area contributed by atoms with Gasteiger partial charge in [0.2, 0.25) is 0 Å². The quantitative estimate of drug-likeness (QED) is 0.814. The minimum atomic E-state index is 0.392. The maximum Gasteiger partial charge on any atom is 0.119 e. The van der Waals surface area contributed by atoms with Gasteiger partial charge in [0.15, 0.2) is 0 Å². The Labute approximate surface area is 111 Å². The fourth-order valence-electron chi connectivity index (χ4n) is 1.54. The zero-order valence-electron chi connectivity index (χ0n) is 9.91. The summed E-state index contributed by atoms with van der Waals surface area (Å²) < 4.78 is 5.08. The molecule has 0 amide bonds. The van der Waals surface area contributed by atoms with Crippen LogP contribution in [0.25, 0.3) is 0 Å². The van der Waals surface area contributed by atoms with Crippen LogP contribution in [0.15, 0.2) is 59.3 Å². The van der Waals surface area contributed by atoms with E-state index in [0.29, 0.717) is 16.4 Å². The highest BCUT2D eigenvalue weighted by atomic mass is 35.5. The maximum absolute atomic E-state index is 7.77. The van der Waals surface area contributed by atoms with E-state index in [2.05, 4.69) is 5.32 Å². The van der Waals surface area contributed by atoms with Crippen molar-refractivity contribution in [1.82, 2.24) is 0 Å². The first-order chi connectivity index (χ1) is 8.70. The third-order valence-electron chi connectivity index (χ3n) is 2.51. The van der Waals surface area contributed by atoms with Crippen LogP contribution in [-0.4, -0.2) is 12.8 Å². The summed E-state index contributed by atoms with van der Waals surface area (Å²) in [6.45, 7) is 0. The molecular weight excluding hydrogens is 248 g/mol. The van der Waals surface area contributed by atoms with E-state index in [1.54, 1.807) is 19.3 Å². The van der Waals surface area contributed by atoms with Gasteiger partial charge >= 0.3 is 0 Å². The molecule has 0 heterocycles. The van der Waals surface area contributed by atoms with Gasteiger partial charge in [-0.2, -0.15) is 0 Å². The van der Waals surface area contributed by atoms with Crippen molar-refractivity contribution in [3.8, 4) is 5.75 Å². The molecule has 1 aromatic carbocycles. The lowest BCUT2D eigenvalue weighted by molar-refractivity contribution is 0.415. The van der Waals surface area contributed by atoms with Crippen molar-refractivity contribution in [3.05, 3.63) is 59.3 Å². The molecule has 0 aliphatic heterocycles. The number of methoxy groups -OCH3 is 1. The average molecular weight is 261 g/mol. The van der Waals surface area contributed by atoms with Gasteiger partial charge in [-0.3, -0.25) is 0 Å². The number of allylic oxidation sites excluding steroid dienone is 5. The predicted molar refractivity (Wildman–Crippen MR) is 75.5 cm³/mol. The Kier molecular flexibility index (Phi) is 3.85. The Hall–Kier alpha value is -2.00. The summed E-state index contributed by atoms with van der Waals surface area (Å²) in [5, 5.41) is 11.3. The average Bonchev–Trinajstić information content (AvgIpc) is 2.40. The van der Waals surface area contributed by atoms with Crippen molar-refractivity contribution < 1.29 is 4.74 Å². The molecule has 0 radical (unpaired) electrons. The molecule has 1 aromatic rings. The fourth-order valence-corrected chi connectivity index (χ4v) is 1.82. The number of hydrogen-bond acceptors (Lipinski definition) is 3. The molecule has 18 heavy (non-hydrogen) atoms. The first kappa shape index (κ1) is 12.5. The van der Waals surface area contributed by atoms with Crippen molar-refractivity contribution in [1.29, 1.82) is 5.41 Å². The summed E-state index contributed by atoms with van der Waals surface area (Å²) in [5.74, 6) is 0.789. The molecule has 92 valence electrons. The van der Waals surface area contributed by atoms with Gasteiger partial charge in [0.05, 0.1) is 12.8 Å². The van der Waals surface area contributed by atoms with Crippen LogP contribution < -0.4 is 10.1 Å². The molecular formula is C14H13ClN2O. The molecule has 0 bridgehead atoms. The van der Waals surface area contributed by atoms with E-state index < -0.39 is 0 Å². The number of rotatable bonds is 3. The lowest BCUT2D eigenvalue weighted by Crippen LogP contribution is -2.05. The summed E-state index contributed by atoms with van der Waals surface area (Å²) in [7, 11) is 1.62. The zero-order valence-corrected chi connectivity index (χ0v) is 10.7. The number of halogens is 1. The van der Waals surface area contributed by atoms with Crippen LogP contribution in [0, 0.1) is 5.41 Å². The fraction of sp³-hybridized carbons (Fsp3) is 0.0714. The summed E-state index contributed by atoms with van der Waals surface area (Å²) >= 11 is 6.17. The highest BCUT2D eigenvalue weighted by Crippen LogP contribution is 2.21. The molecule has 0 fully saturated rings. The molecule has 0 spiro atoms. The summed E-state index contributed by atoms with van der Waals surface area (Å²) in [4.78, 5) is 0. The van der Waals surface area contributed by atoms with Crippen LogP contribution in [0.3, 0.4) is 0 Å². The molecule has 0 aromatic heterocycles. The standard InChI is InChI=1S/C14H13ClN2O/c1-18-11-8-6-10(7-9-11)17-14(15)12-4-2-3-5-13(12)16/h2-9,16-17H,1H3/b14-12-,16-13?. The van der Waals surface area contributed by atoms with Crippen LogP contribution in [0.4, 0.5) is 5.69 Å². The molecule has 0 atom stereocenters. The molecule has 2 N–H and O–H groups in total. The lowest BCUT2D eigenvalue weighted by atomic mass is 10.1. The second kappa shape index (κ2) is 5.56. The predicted octanol–water partition coefficient (Wildman–Crippen LogP) is 3.70. The molecule has 1 aliphatic carbocycles. The van der Waals surface area contributed by atoms with Crippen LogP contribution in [0.1, 0.15) is 0 Å². The number of hydrogen-bond donors (Lipinski definition) is 2. The third kappa shape index (κ3) is 2.81. The summed E-state index contributed by atoms with van der Waals surface area (Å²) in [6.07, 6.45) is 7.17. The maximum atomic E-state index is 7.77. The highest BCUT2D eigenvalue weighted by molar-refractivity contribution is 6.34. The Morgan fingerprint density at radius 1 is 1.17 bits per heavy atom. The second-order valence-electron chi connectivity index (χ2n) is 3.71. The number of benzene rings is 1. The summed E-state index contributed by atoms with van der Waals surface area (Å²) in [5.41, 5.74) is 1.92. The third-order valence-corrected chi connectivity index (χ3v) is 2.81. The van der Waals surface area contributed by atoms with Crippen molar-refractivity contribution in [3.63, 3.8) is 0 Å². The van der Waals surface area contributed by atoms with Crippen molar-refractivity contribution >= 4 is 23.0 Å². The zero-order chi connectivity index (χ0) is 13.0. The first-order valence-electron chi connectivity index (χ1n) is 5.45. The minimum absolute atomic E-state index is 0.392. The number of nitrogens with one attached hydrogen (secondary N) is 2. The van der Waals surface area contributed by atoms with Crippen molar-refractivity contribution in [2.75, 3.05) is 12.4 Å². The Morgan fingerprint density at radius 2 is 1.83 bits per heavy atom. The van der Waals surface area contributed by atoms with E-state index in [1.165, 1.54) is 0 Å². The number of ether oxygens (including phenoxy) is 1. The first-order valence-corrected chi connectivity index (χ1v) is 5.83. The highest BCUT2D eigenvalue weighted by Gasteiger charge is 2.08. The summed E-state index contributed by atoms with van der Waals surface area (Å²) in [6, 6.07) is 7.43. The van der Waals surface area contributed by atoms with Gasteiger partial charge in [0, 0.05) is 11.3 Å². The van der Waals surface area contributed by atoms with E-state index in [1.807, 2.05) is 36.4 Å². The van der Waals surface area contributed by atoms with E-state index in [0.717, 1.165) is 11.4 Å². The van der Waals surface area contributed by atoms with Gasteiger partial charge in [0.1, 0.15) is 10.9 Å². The van der Waals surface area contributed by atoms with E-state index in [-0.39, 0.29) is 0 Å². The van der Waals surface area contributed by atoms with Gasteiger partial charge in [-0.15, -0.1) is 0 Å². The SMILES string of the molecule is COc1ccc(N/C(Cl)=C2/C=CC=CC2=N)cc1. The van der Waals surface area contributed by atoms with E-state index >= 15 is 0 Å². The molecule has 2 rings (SSSR count). The van der Waals surface area contributed by atoms with Crippen LogP contribution in [-0.2, 0) is 0 Å². The largest absolute Gasteiger partial charge is 0.497 e. The topological polar surface area (TPSA) is 45.1 Å². The molecule has 4 heteroatoms. The smallest absolute Gasteiger partial charge is 0.119 e. The minimum Gasteiger partial charge on any atom is -0.497 e. The number of anilines is 1. The van der Waals surface area contributed by atoms with Gasteiger partial charge in [-0.05, 0) is 36.4 Å².